The van der Waals surface area contributed by atoms with Crippen LogP contribution in [0.1, 0.15) is 11.3 Å². The number of hydrogen-bond donors (Lipinski definition) is 1. The van der Waals surface area contributed by atoms with Gasteiger partial charge in [0.1, 0.15) is 0 Å². The number of fused-ring (bicyclic) bond motifs is 1. The predicted molar refractivity (Wildman–Crippen MR) is 89.3 cm³/mol. The van der Waals surface area contributed by atoms with E-state index in [0.29, 0.717) is 11.6 Å². The highest BCUT2D eigenvalue weighted by atomic mass is 79.9. The monoisotopic (exact) mass is 348 g/mol. The minimum Gasteiger partial charge on any atom is -0.398 e. The molecule has 0 saturated heterocycles. The molecule has 0 fully saturated rings. The number of rotatable bonds is 2. The SMILES string of the molecule is Cc1c(Br)c2ccccc2n1Cc1cc(Cl)ccc1N. The summed E-state index contributed by atoms with van der Waals surface area (Å²) in [4.78, 5) is 0. The smallest absolute Gasteiger partial charge is 0.0500 e. The van der Waals surface area contributed by atoms with Gasteiger partial charge in [-0.1, -0.05) is 29.8 Å². The van der Waals surface area contributed by atoms with Gasteiger partial charge in [0.2, 0.25) is 0 Å². The van der Waals surface area contributed by atoms with E-state index in [0.717, 1.165) is 15.7 Å². The van der Waals surface area contributed by atoms with E-state index in [4.69, 9.17) is 17.3 Å². The summed E-state index contributed by atoms with van der Waals surface area (Å²) < 4.78 is 3.38. The van der Waals surface area contributed by atoms with Crippen LogP contribution in [0.15, 0.2) is 46.9 Å². The number of halogens is 2. The van der Waals surface area contributed by atoms with Crippen molar-refractivity contribution >= 4 is 44.1 Å². The molecule has 0 amide bonds. The molecule has 0 atom stereocenters. The van der Waals surface area contributed by atoms with Crippen molar-refractivity contribution in [1.29, 1.82) is 0 Å². The van der Waals surface area contributed by atoms with Crippen LogP contribution < -0.4 is 5.73 Å². The average Bonchev–Trinajstić information content (AvgIpc) is 2.68. The third kappa shape index (κ3) is 2.21. The number of aromatic nitrogens is 1. The van der Waals surface area contributed by atoms with Crippen LogP contribution in [0.3, 0.4) is 0 Å². The Labute approximate surface area is 131 Å². The first kappa shape index (κ1) is 13.5. The number of nitrogen functional groups attached to an aromatic ring is 1. The Morgan fingerprint density at radius 1 is 1.20 bits per heavy atom. The van der Waals surface area contributed by atoms with Crippen molar-refractivity contribution in [1.82, 2.24) is 4.57 Å². The highest BCUT2D eigenvalue weighted by molar-refractivity contribution is 9.10. The highest BCUT2D eigenvalue weighted by Crippen LogP contribution is 2.31. The van der Waals surface area contributed by atoms with Gasteiger partial charge in [0.15, 0.2) is 0 Å². The fourth-order valence-corrected chi connectivity index (χ4v) is 3.22. The van der Waals surface area contributed by atoms with E-state index in [1.54, 1.807) is 0 Å². The van der Waals surface area contributed by atoms with E-state index in [-0.39, 0.29) is 0 Å². The van der Waals surface area contributed by atoms with Gasteiger partial charge in [0.05, 0.1) is 0 Å². The molecule has 0 bridgehead atoms. The first-order valence-electron chi connectivity index (χ1n) is 6.35. The summed E-state index contributed by atoms with van der Waals surface area (Å²) in [5, 5.41) is 1.92. The fourth-order valence-electron chi connectivity index (χ4n) is 2.47. The average molecular weight is 350 g/mol. The Balaban J connectivity index is 2.16. The van der Waals surface area contributed by atoms with E-state index in [1.807, 2.05) is 30.3 Å². The lowest BCUT2D eigenvalue weighted by Crippen LogP contribution is -2.04. The predicted octanol–water partition coefficient (Wildman–Crippen LogP) is 5.00. The zero-order valence-corrected chi connectivity index (χ0v) is 13.4. The molecule has 0 aliphatic heterocycles. The summed E-state index contributed by atoms with van der Waals surface area (Å²) in [7, 11) is 0. The molecule has 0 spiro atoms. The van der Waals surface area contributed by atoms with Crippen molar-refractivity contribution in [2.45, 2.75) is 13.5 Å². The second-order valence-electron chi connectivity index (χ2n) is 4.85. The molecule has 0 aliphatic rings. The zero-order chi connectivity index (χ0) is 14.3. The summed E-state index contributed by atoms with van der Waals surface area (Å²) >= 11 is 9.74. The molecule has 1 heterocycles. The van der Waals surface area contributed by atoms with Crippen molar-refractivity contribution in [2.75, 3.05) is 5.73 Å². The van der Waals surface area contributed by atoms with Crippen molar-refractivity contribution in [3.63, 3.8) is 0 Å². The van der Waals surface area contributed by atoms with Gasteiger partial charge in [0.25, 0.3) is 0 Å². The number of para-hydroxylation sites is 1. The quantitative estimate of drug-likeness (QED) is 0.649. The van der Waals surface area contributed by atoms with Crippen molar-refractivity contribution in [3.05, 3.63) is 63.2 Å². The minimum absolute atomic E-state index is 0.711. The van der Waals surface area contributed by atoms with Crippen LogP contribution in [0.5, 0.6) is 0 Å². The summed E-state index contributed by atoms with van der Waals surface area (Å²) in [6, 6.07) is 13.9. The summed E-state index contributed by atoms with van der Waals surface area (Å²) in [5.41, 5.74) is 10.2. The molecular formula is C16H14BrClN2. The van der Waals surface area contributed by atoms with Gasteiger partial charge in [-0.2, -0.15) is 0 Å². The van der Waals surface area contributed by atoms with Crippen molar-refractivity contribution < 1.29 is 0 Å². The lowest BCUT2D eigenvalue weighted by Gasteiger charge is -2.11. The minimum atomic E-state index is 0.711. The first-order valence-corrected chi connectivity index (χ1v) is 7.52. The normalized spacial score (nSPS) is 11.2. The molecule has 0 saturated carbocycles. The van der Waals surface area contributed by atoms with Gasteiger partial charge in [0, 0.05) is 38.3 Å². The van der Waals surface area contributed by atoms with Crippen LogP contribution in [-0.2, 0) is 6.54 Å². The van der Waals surface area contributed by atoms with Gasteiger partial charge in [-0.05, 0) is 52.7 Å². The molecule has 3 rings (SSSR count). The molecule has 0 radical (unpaired) electrons. The van der Waals surface area contributed by atoms with Gasteiger partial charge >= 0.3 is 0 Å². The van der Waals surface area contributed by atoms with Gasteiger partial charge in [-0.25, -0.2) is 0 Å². The molecule has 2 aromatic carbocycles. The molecule has 20 heavy (non-hydrogen) atoms. The number of anilines is 1. The largest absolute Gasteiger partial charge is 0.398 e. The van der Waals surface area contributed by atoms with Crippen LogP contribution in [0.2, 0.25) is 5.02 Å². The molecule has 0 unspecified atom stereocenters. The van der Waals surface area contributed by atoms with Gasteiger partial charge < -0.3 is 10.3 Å². The number of benzene rings is 2. The second-order valence-corrected chi connectivity index (χ2v) is 6.08. The molecule has 1 aromatic heterocycles. The second kappa shape index (κ2) is 5.15. The third-order valence-corrected chi connectivity index (χ3v) is 4.82. The molecule has 4 heteroatoms. The molecule has 3 aromatic rings. The Morgan fingerprint density at radius 3 is 2.75 bits per heavy atom. The van der Waals surface area contributed by atoms with E-state index in [2.05, 4.69) is 39.6 Å². The summed E-state index contributed by atoms with van der Waals surface area (Å²) in [6.45, 7) is 2.81. The number of nitrogens with two attached hydrogens (primary N) is 1. The lowest BCUT2D eigenvalue weighted by molar-refractivity contribution is 0.804. The van der Waals surface area contributed by atoms with Crippen LogP contribution in [0.4, 0.5) is 5.69 Å². The molecular weight excluding hydrogens is 336 g/mol. The van der Waals surface area contributed by atoms with Gasteiger partial charge in [-0.3, -0.25) is 0 Å². The van der Waals surface area contributed by atoms with E-state index < -0.39 is 0 Å². The Morgan fingerprint density at radius 2 is 1.95 bits per heavy atom. The van der Waals surface area contributed by atoms with Crippen LogP contribution in [0, 0.1) is 6.92 Å². The van der Waals surface area contributed by atoms with E-state index >= 15 is 0 Å². The van der Waals surface area contributed by atoms with Crippen LogP contribution in [-0.4, -0.2) is 4.57 Å². The first-order chi connectivity index (χ1) is 9.58. The number of nitrogens with zero attached hydrogens (tertiary/aromatic N) is 1. The zero-order valence-electron chi connectivity index (χ0n) is 11.0. The van der Waals surface area contributed by atoms with Crippen molar-refractivity contribution in [3.8, 4) is 0 Å². The summed E-state index contributed by atoms with van der Waals surface area (Å²) in [5.74, 6) is 0. The maximum absolute atomic E-state index is 6.07. The molecule has 0 aliphatic carbocycles. The molecule has 102 valence electrons. The van der Waals surface area contributed by atoms with E-state index in [9.17, 15) is 0 Å². The number of hydrogen-bond acceptors (Lipinski definition) is 1. The maximum Gasteiger partial charge on any atom is 0.0500 e. The molecule has 2 N–H and O–H groups in total. The van der Waals surface area contributed by atoms with Crippen LogP contribution in [0.25, 0.3) is 10.9 Å². The topological polar surface area (TPSA) is 30.9 Å². The van der Waals surface area contributed by atoms with E-state index in [1.165, 1.54) is 16.6 Å². The highest BCUT2D eigenvalue weighted by Gasteiger charge is 2.12. The summed E-state index contributed by atoms with van der Waals surface area (Å²) in [6.07, 6.45) is 0. The Kier molecular flexibility index (Phi) is 3.48. The molecule has 2 nitrogen and oxygen atoms in total. The van der Waals surface area contributed by atoms with Crippen molar-refractivity contribution in [2.24, 2.45) is 0 Å². The Hall–Kier alpha value is -1.45. The Bertz CT molecular complexity index is 793. The fraction of sp³-hybridized carbons (Fsp3) is 0.125. The van der Waals surface area contributed by atoms with Crippen LogP contribution >= 0.6 is 27.5 Å². The standard InChI is InChI=1S/C16H14BrClN2/c1-10-16(17)13-4-2-3-5-15(13)20(10)9-11-8-12(18)6-7-14(11)19/h2-8H,9,19H2,1H3. The lowest BCUT2D eigenvalue weighted by atomic mass is 10.2. The maximum atomic E-state index is 6.07. The third-order valence-electron chi connectivity index (χ3n) is 3.59. The van der Waals surface area contributed by atoms with Gasteiger partial charge in [-0.15, -0.1) is 0 Å².